The Morgan fingerprint density at radius 2 is 1.74 bits per heavy atom. The number of rotatable bonds is 4. The minimum Gasteiger partial charge on any atom is -0.490 e. The minimum absolute atomic E-state index is 0.0156. The molecule has 0 saturated carbocycles. The van der Waals surface area contributed by atoms with Gasteiger partial charge in [0, 0.05) is 6.07 Å². The highest BCUT2D eigenvalue weighted by Crippen LogP contribution is 2.32. The van der Waals surface area contributed by atoms with Gasteiger partial charge in [0.1, 0.15) is 12.4 Å². The van der Waals surface area contributed by atoms with Crippen molar-refractivity contribution in [2.24, 2.45) is 0 Å². The van der Waals surface area contributed by atoms with Crippen LogP contribution in [0.4, 0.5) is 5.69 Å². The molecule has 0 fully saturated rings. The molecule has 0 aliphatic rings. The monoisotopic (exact) mass is 325 g/mol. The lowest BCUT2D eigenvalue weighted by molar-refractivity contribution is 0.341. The fraction of sp³-hybridized carbons (Fsp3) is 0.500. The van der Waals surface area contributed by atoms with E-state index in [4.69, 9.17) is 33.7 Å². The number of hydrogen-bond acceptors (Lipinski definition) is 4. The molecule has 0 aliphatic heterocycles. The lowest BCUT2D eigenvalue weighted by Crippen LogP contribution is -2.32. The summed E-state index contributed by atoms with van der Waals surface area (Å²) in [6.07, 6.45) is 0. The zero-order chi connectivity index (χ0) is 14.8. The Balaban J connectivity index is 2.72. The number of halogens is 2. The van der Waals surface area contributed by atoms with E-state index in [-0.39, 0.29) is 12.4 Å². The molecule has 0 heterocycles. The van der Waals surface area contributed by atoms with E-state index in [0.717, 1.165) is 0 Å². The number of hydrogen-bond donors (Lipinski definition) is 1. The molecular weight excluding hydrogens is 309 g/mol. The fourth-order valence-electron chi connectivity index (χ4n) is 1.24. The summed E-state index contributed by atoms with van der Waals surface area (Å²) in [5.41, 5.74) is 6.03. The van der Waals surface area contributed by atoms with E-state index in [0.29, 0.717) is 21.5 Å². The molecule has 0 unspecified atom stereocenters. The van der Waals surface area contributed by atoms with E-state index in [1.165, 1.54) is 12.1 Å². The molecule has 0 saturated heterocycles. The zero-order valence-electron chi connectivity index (χ0n) is 11.0. The molecule has 0 aliphatic carbocycles. The highest BCUT2D eigenvalue weighted by atomic mass is 35.5. The minimum atomic E-state index is -3.22. The second kappa shape index (κ2) is 5.77. The van der Waals surface area contributed by atoms with Crippen LogP contribution in [0.5, 0.6) is 5.75 Å². The maximum Gasteiger partial charge on any atom is 0.158 e. The van der Waals surface area contributed by atoms with Crippen LogP contribution in [-0.4, -0.2) is 25.5 Å². The van der Waals surface area contributed by atoms with E-state index >= 15 is 0 Å². The molecule has 0 spiro atoms. The second-order valence-corrected chi connectivity index (χ2v) is 8.76. The van der Waals surface area contributed by atoms with Crippen LogP contribution >= 0.6 is 23.2 Å². The Hall–Kier alpha value is -0.650. The summed E-state index contributed by atoms with van der Waals surface area (Å²) >= 11 is 11.6. The van der Waals surface area contributed by atoms with Gasteiger partial charge in [0.2, 0.25) is 0 Å². The maximum atomic E-state index is 11.9. The van der Waals surface area contributed by atoms with Gasteiger partial charge in [-0.1, -0.05) is 23.2 Å². The quantitative estimate of drug-likeness (QED) is 0.863. The third-order valence-electron chi connectivity index (χ3n) is 2.60. The Kier molecular flexibility index (Phi) is 4.98. The van der Waals surface area contributed by atoms with Gasteiger partial charge in [-0.3, -0.25) is 0 Å². The second-order valence-electron chi connectivity index (χ2n) is 5.08. The molecule has 2 N–H and O–H groups in total. The fourth-order valence-corrected chi connectivity index (χ4v) is 2.48. The average molecular weight is 326 g/mol. The van der Waals surface area contributed by atoms with Crippen LogP contribution in [0.2, 0.25) is 10.0 Å². The highest BCUT2D eigenvalue weighted by molar-refractivity contribution is 7.92. The molecule has 1 aromatic rings. The molecule has 0 radical (unpaired) electrons. The average Bonchev–Trinajstić information content (AvgIpc) is 2.23. The molecule has 19 heavy (non-hydrogen) atoms. The van der Waals surface area contributed by atoms with Crippen molar-refractivity contribution in [1.82, 2.24) is 0 Å². The number of nitrogens with two attached hydrogens (primary N) is 1. The molecule has 4 nitrogen and oxygen atoms in total. The third kappa shape index (κ3) is 4.16. The Labute approximate surface area is 123 Å². The van der Waals surface area contributed by atoms with Crippen LogP contribution in [-0.2, 0) is 9.84 Å². The van der Waals surface area contributed by atoms with Crippen molar-refractivity contribution in [2.75, 3.05) is 18.1 Å². The first-order valence-corrected chi connectivity index (χ1v) is 8.05. The molecule has 0 aromatic heterocycles. The van der Waals surface area contributed by atoms with Crippen molar-refractivity contribution < 1.29 is 13.2 Å². The predicted molar refractivity (Wildman–Crippen MR) is 79.9 cm³/mol. The van der Waals surface area contributed by atoms with Gasteiger partial charge < -0.3 is 10.5 Å². The number of anilines is 1. The highest BCUT2D eigenvalue weighted by Gasteiger charge is 2.28. The molecule has 1 aromatic carbocycles. The van der Waals surface area contributed by atoms with Crippen LogP contribution in [0.25, 0.3) is 0 Å². The van der Waals surface area contributed by atoms with Crippen LogP contribution in [0.1, 0.15) is 20.8 Å². The summed E-state index contributed by atoms with van der Waals surface area (Å²) in [4.78, 5) is 0. The summed E-state index contributed by atoms with van der Waals surface area (Å²) in [7, 11) is -3.22. The standard InChI is InChI=1S/C12H17Cl2NO3S/c1-12(2,3)19(16,17)5-4-18-11-7-9(14)8(13)6-10(11)15/h6-7H,4-5,15H2,1-3H3. The predicted octanol–water partition coefficient (Wildman–Crippen LogP) is 3.17. The molecule has 7 heteroatoms. The van der Waals surface area contributed by atoms with Crippen LogP contribution in [0.15, 0.2) is 12.1 Å². The summed E-state index contributed by atoms with van der Waals surface area (Å²) in [5, 5.41) is 0.637. The van der Waals surface area contributed by atoms with Crippen LogP contribution < -0.4 is 10.5 Å². The lowest BCUT2D eigenvalue weighted by atomic mass is 10.3. The van der Waals surface area contributed by atoms with Crippen molar-refractivity contribution in [3.63, 3.8) is 0 Å². The van der Waals surface area contributed by atoms with Gasteiger partial charge in [0.25, 0.3) is 0 Å². The van der Waals surface area contributed by atoms with Gasteiger partial charge in [-0.15, -0.1) is 0 Å². The van der Waals surface area contributed by atoms with Crippen molar-refractivity contribution in [3.8, 4) is 5.75 Å². The van der Waals surface area contributed by atoms with Crippen molar-refractivity contribution in [1.29, 1.82) is 0 Å². The van der Waals surface area contributed by atoms with Gasteiger partial charge in [-0.2, -0.15) is 0 Å². The number of ether oxygens (including phenoxy) is 1. The maximum absolute atomic E-state index is 11.9. The van der Waals surface area contributed by atoms with Gasteiger partial charge >= 0.3 is 0 Å². The van der Waals surface area contributed by atoms with Crippen LogP contribution in [0.3, 0.4) is 0 Å². The Morgan fingerprint density at radius 1 is 1.21 bits per heavy atom. The first kappa shape index (κ1) is 16.4. The van der Waals surface area contributed by atoms with E-state index < -0.39 is 14.6 Å². The van der Waals surface area contributed by atoms with Gasteiger partial charge in [-0.05, 0) is 26.8 Å². The van der Waals surface area contributed by atoms with Gasteiger partial charge in [-0.25, -0.2) is 8.42 Å². The third-order valence-corrected chi connectivity index (χ3v) is 5.89. The van der Waals surface area contributed by atoms with Crippen LogP contribution in [0, 0.1) is 0 Å². The largest absolute Gasteiger partial charge is 0.490 e. The first-order valence-electron chi connectivity index (χ1n) is 5.64. The molecule has 108 valence electrons. The Morgan fingerprint density at radius 3 is 2.26 bits per heavy atom. The normalized spacial score (nSPS) is 12.5. The summed E-state index contributed by atoms with van der Waals surface area (Å²) in [6, 6.07) is 2.94. The van der Waals surface area contributed by atoms with E-state index in [1.807, 2.05) is 0 Å². The summed E-state index contributed by atoms with van der Waals surface area (Å²) in [5.74, 6) is 0.245. The molecule has 1 rings (SSSR count). The molecule has 0 bridgehead atoms. The zero-order valence-corrected chi connectivity index (χ0v) is 13.4. The molecular formula is C12H17Cl2NO3S. The Bertz CT molecular complexity index is 565. The number of nitrogen functional groups attached to an aromatic ring is 1. The molecule has 0 atom stereocenters. The lowest BCUT2D eigenvalue weighted by Gasteiger charge is -2.19. The van der Waals surface area contributed by atoms with Gasteiger partial charge in [0.05, 0.1) is 26.2 Å². The van der Waals surface area contributed by atoms with Crippen molar-refractivity contribution >= 4 is 38.7 Å². The van der Waals surface area contributed by atoms with Crippen molar-refractivity contribution in [2.45, 2.75) is 25.5 Å². The van der Waals surface area contributed by atoms with Crippen molar-refractivity contribution in [3.05, 3.63) is 22.2 Å². The smallest absolute Gasteiger partial charge is 0.158 e. The topological polar surface area (TPSA) is 69.4 Å². The van der Waals surface area contributed by atoms with E-state index in [1.54, 1.807) is 20.8 Å². The van der Waals surface area contributed by atoms with E-state index in [2.05, 4.69) is 0 Å². The number of benzene rings is 1. The van der Waals surface area contributed by atoms with E-state index in [9.17, 15) is 8.42 Å². The number of sulfone groups is 1. The summed E-state index contributed by atoms with van der Waals surface area (Å²) in [6.45, 7) is 4.96. The van der Waals surface area contributed by atoms with Gasteiger partial charge in [0.15, 0.2) is 9.84 Å². The SMILES string of the molecule is CC(C)(C)S(=O)(=O)CCOc1cc(Cl)c(Cl)cc1N. The summed E-state index contributed by atoms with van der Waals surface area (Å²) < 4.78 is 28.3. The molecule has 0 amide bonds. The first-order chi connectivity index (χ1) is 8.54.